The van der Waals surface area contributed by atoms with Gasteiger partial charge in [-0.2, -0.15) is 5.10 Å². The quantitative estimate of drug-likeness (QED) is 0.790. The lowest BCUT2D eigenvalue weighted by Crippen LogP contribution is -2.33. The number of carbonyl (C=O) groups is 2. The van der Waals surface area contributed by atoms with Crippen LogP contribution in [0, 0.1) is 11.8 Å². The fourth-order valence-corrected chi connectivity index (χ4v) is 4.42. The van der Waals surface area contributed by atoms with Gasteiger partial charge in [-0.3, -0.25) is 14.3 Å². The molecule has 2 bridgehead atoms. The molecule has 7 heteroatoms. The zero-order valence-corrected chi connectivity index (χ0v) is 14.1. The van der Waals surface area contributed by atoms with Crippen LogP contribution in [-0.2, 0) is 20.9 Å². The molecule has 0 unspecified atom stereocenters. The SMILES string of the molecule is O=C1[C@@H]2[C@H](C(=O)N1c1cnn(Cc3ccc(Cl)cc3)c1)[C@H]1CC[C@H]2O1. The maximum absolute atomic E-state index is 12.8. The van der Waals surface area contributed by atoms with Gasteiger partial charge in [-0.25, -0.2) is 4.90 Å². The predicted molar refractivity (Wildman–Crippen MR) is 90.1 cm³/mol. The second-order valence-corrected chi connectivity index (χ2v) is 7.31. The average molecular weight is 358 g/mol. The molecule has 0 N–H and O–H groups in total. The van der Waals surface area contributed by atoms with Crippen molar-refractivity contribution < 1.29 is 14.3 Å². The van der Waals surface area contributed by atoms with E-state index in [0.29, 0.717) is 17.3 Å². The third kappa shape index (κ3) is 2.24. The summed E-state index contributed by atoms with van der Waals surface area (Å²) in [6.45, 7) is 0.550. The van der Waals surface area contributed by atoms with E-state index in [1.807, 2.05) is 24.3 Å². The molecule has 2 aromatic rings. The molecule has 4 atom stereocenters. The summed E-state index contributed by atoms with van der Waals surface area (Å²) in [7, 11) is 0. The van der Waals surface area contributed by atoms with Gasteiger partial charge in [-0.05, 0) is 30.5 Å². The molecule has 128 valence electrons. The molecule has 0 aliphatic carbocycles. The van der Waals surface area contributed by atoms with Crippen LogP contribution >= 0.6 is 11.6 Å². The summed E-state index contributed by atoms with van der Waals surface area (Å²) in [5.74, 6) is -0.918. The van der Waals surface area contributed by atoms with E-state index in [0.717, 1.165) is 18.4 Å². The van der Waals surface area contributed by atoms with Gasteiger partial charge in [-0.1, -0.05) is 23.7 Å². The van der Waals surface area contributed by atoms with Crippen LogP contribution in [0.1, 0.15) is 18.4 Å². The smallest absolute Gasteiger partial charge is 0.240 e. The number of hydrogen-bond donors (Lipinski definition) is 0. The number of halogens is 1. The summed E-state index contributed by atoms with van der Waals surface area (Å²) in [5, 5.41) is 4.98. The summed E-state index contributed by atoms with van der Waals surface area (Å²) in [4.78, 5) is 26.8. The van der Waals surface area contributed by atoms with Crippen molar-refractivity contribution in [2.75, 3.05) is 4.90 Å². The van der Waals surface area contributed by atoms with Crippen molar-refractivity contribution in [3.05, 3.63) is 47.2 Å². The molecule has 1 aromatic heterocycles. The van der Waals surface area contributed by atoms with Gasteiger partial charge in [0.05, 0.1) is 42.5 Å². The van der Waals surface area contributed by atoms with Gasteiger partial charge in [-0.15, -0.1) is 0 Å². The van der Waals surface area contributed by atoms with Crippen LogP contribution in [0.25, 0.3) is 0 Å². The average Bonchev–Trinajstić information content (AvgIpc) is 3.35. The molecule has 3 aliphatic heterocycles. The number of benzene rings is 1. The standard InChI is InChI=1S/C18H16ClN3O3/c19-11-3-1-10(2-4-11)8-21-9-12(7-20-21)22-17(23)15-13-5-6-14(25-13)16(15)18(22)24/h1-4,7,9,13-16H,5-6,8H2/t13-,14-,15-,16+/m1/s1. The minimum atomic E-state index is -0.314. The summed E-state index contributed by atoms with van der Waals surface area (Å²) < 4.78 is 7.48. The Kier molecular flexibility index (Phi) is 3.27. The minimum absolute atomic E-state index is 0.0967. The fourth-order valence-electron chi connectivity index (χ4n) is 4.30. The molecule has 4 heterocycles. The molecular formula is C18H16ClN3O3. The Morgan fingerprint density at radius 2 is 1.72 bits per heavy atom. The molecule has 6 nitrogen and oxygen atoms in total. The molecule has 25 heavy (non-hydrogen) atoms. The number of fused-ring (bicyclic) bond motifs is 5. The molecule has 3 aliphatic rings. The Hall–Kier alpha value is -2.18. The Bertz CT molecular complexity index is 835. The van der Waals surface area contributed by atoms with Crippen molar-refractivity contribution in [2.45, 2.75) is 31.6 Å². The Morgan fingerprint density at radius 1 is 1.08 bits per heavy atom. The molecule has 0 spiro atoms. The topological polar surface area (TPSA) is 64.4 Å². The Morgan fingerprint density at radius 3 is 2.36 bits per heavy atom. The van der Waals surface area contributed by atoms with Crippen molar-refractivity contribution in [2.24, 2.45) is 11.8 Å². The van der Waals surface area contributed by atoms with Gasteiger partial charge >= 0.3 is 0 Å². The van der Waals surface area contributed by atoms with Gasteiger partial charge in [0.1, 0.15) is 0 Å². The molecule has 3 saturated heterocycles. The highest BCUT2D eigenvalue weighted by Gasteiger charge is 2.62. The van der Waals surface area contributed by atoms with E-state index in [2.05, 4.69) is 5.10 Å². The molecule has 5 rings (SSSR count). The van der Waals surface area contributed by atoms with Crippen LogP contribution in [0.15, 0.2) is 36.7 Å². The number of aromatic nitrogens is 2. The first-order chi connectivity index (χ1) is 12.1. The maximum Gasteiger partial charge on any atom is 0.240 e. The van der Waals surface area contributed by atoms with Crippen molar-refractivity contribution in [3.8, 4) is 0 Å². The van der Waals surface area contributed by atoms with E-state index in [-0.39, 0.29) is 35.9 Å². The Balaban J connectivity index is 1.39. The summed E-state index contributed by atoms with van der Waals surface area (Å²) in [5.41, 5.74) is 1.58. The van der Waals surface area contributed by atoms with Gasteiger partial charge in [0.25, 0.3) is 0 Å². The zero-order chi connectivity index (χ0) is 17.1. The number of anilines is 1. The lowest BCUT2D eigenvalue weighted by atomic mass is 9.81. The van der Waals surface area contributed by atoms with Gasteiger partial charge in [0.2, 0.25) is 11.8 Å². The van der Waals surface area contributed by atoms with Crippen molar-refractivity contribution in [1.82, 2.24) is 9.78 Å². The number of carbonyl (C=O) groups excluding carboxylic acids is 2. The fraction of sp³-hybridized carbons (Fsp3) is 0.389. The van der Waals surface area contributed by atoms with E-state index < -0.39 is 0 Å². The van der Waals surface area contributed by atoms with E-state index in [9.17, 15) is 9.59 Å². The van der Waals surface area contributed by atoms with Crippen molar-refractivity contribution in [1.29, 1.82) is 0 Å². The first-order valence-electron chi connectivity index (χ1n) is 8.42. The van der Waals surface area contributed by atoms with Crippen LogP contribution in [0.5, 0.6) is 0 Å². The largest absolute Gasteiger partial charge is 0.373 e. The van der Waals surface area contributed by atoms with Gasteiger partial charge in [0, 0.05) is 11.2 Å². The van der Waals surface area contributed by atoms with E-state index >= 15 is 0 Å². The lowest BCUT2D eigenvalue weighted by Gasteiger charge is -2.15. The number of rotatable bonds is 3. The number of amides is 2. The van der Waals surface area contributed by atoms with Gasteiger partial charge in [0.15, 0.2) is 0 Å². The normalized spacial score (nSPS) is 30.4. The second kappa shape index (κ2) is 5.41. The van der Waals surface area contributed by atoms with Crippen LogP contribution in [0.4, 0.5) is 5.69 Å². The monoisotopic (exact) mass is 357 g/mol. The second-order valence-electron chi connectivity index (χ2n) is 6.88. The highest BCUT2D eigenvalue weighted by Crippen LogP contribution is 2.49. The molecular weight excluding hydrogens is 342 g/mol. The minimum Gasteiger partial charge on any atom is -0.373 e. The van der Waals surface area contributed by atoms with Crippen LogP contribution in [-0.4, -0.2) is 33.8 Å². The van der Waals surface area contributed by atoms with Crippen molar-refractivity contribution >= 4 is 29.1 Å². The van der Waals surface area contributed by atoms with E-state index in [1.54, 1.807) is 17.1 Å². The summed E-state index contributed by atoms with van der Waals surface area (Å²) in [6, 6.07) is 7.50. The van der Waals surface area contributed by atoms with Crippen LogP contribution in [0.3, 0.4) is 0 Å². The van der Waals surface area contributed by atoms with E-state index in [1.165, 1.54) is 4.90 Å². The predicted octanol–water partition coefficient (Wildman–Crippen LogP) is 2.25. The molecule has 0 radical (unpaired) electrons. The third-order valence-corrected chi connectivity index (χ3v) is 5.67. The highest BCUT2D eigenvalue weighted by molar-refractivity contribution is 6.30. The molecule has 2 amide bonds. The molecule has 0 saturated carbocycles. The Labute approximate surface area is 149 Å². The number of imide groups is 1. The van der Waals surface area contributed by atoms with Crippen LogP contribution < -0.4 is 4.90 Å². The zero-order valence-electron chi connectivity index (χ0n) is 13.3. The first kappa shape index (κ1) is 15.1. The molecule has 1 aromatic carbocycles. The summed E-state index contributed by atoms with van der Waals surface area (Å²) in [6.07, 6.45) is 4.87. The maximum atomic E-state index is 12.8. The first-order valence-corrected chi connectivity index (χ1v) is 8.80. The number of nitrogens with zero attached hydrogens (tertiary/aromatic N) is 3. The lowest BCUT2D eigenvalue weighted by molar-refractivity contribution is -0.124. The number of hydrogen-bond acceptors (Lipinski definition) is 4. The van der Waals surface area contributed by atoms with E-state index in [4.69, 9.17) is 16.3 Å². The third-order valence-electron chi connectivity index (χ3n) is 5.42. The van der Waals surface area contributed by atoms with Crippen LogP contribution in [0.2, 0.25) is 5.02 Å². The van der Waals surface area contributed by atoms with Crippen molar-refractivity contribution in [3.63, 3.8) is 0 Å². The highest BCUT2D eigenvalue weighted by atomic mass is 35.5. The molecule has 3 fully saturated rings. The number of ether oxygens (including phenoxy) is 1. The van der Waals surface area contributed by atoms with Gasteiger partial charge < -0.3 is 4.74 Å². The summed E-state index contributed by atoms with van der Waals surface area (Å²) >= 11 is 5.90.